The number of hydrogen-bond acceptors (Lipinski definition) is 6. The van der Waals surface area contributed by atoms with Gasteiger partial charge in [0.05, 0.1) is 6.42 Å². The van der Waals surface area contributed by atoms with Crippen LogP contribution in [0.4, 0.5) is 0 Å². The molecule has 1 aliphatic carbocycles. The number of aryl methyl sites for hydroxylation is 1. The Hall–Kier alpha value is -1.87. The summed E-state index contributed by atoms with van der Waals surface area (Å²) < 4.78 is 2.32. The van der Waals surface area contributed by atoms with Gasteiger partial charge in [-0.05, 0) is 49.8 Å². The predicted molar refractivity (Wildman–Crippen MR) is 123 cm³/mol. The average Bonchev–Trinajstić information content (AvgIpc) is 3.56. The SMILES string of the molecule is CSc1nnc(CCCNC(=O)C2CCCN2C(=O)Cc2cccs2)n1C1CCCC1. The van der Waals surface area contributed by atoms with Crippen molar-refractivity contribution in [2.75, 3.05) is 19.3 Å². The molecule has 3 heterocycles. The van der Waals surface area contributed by atoms with Crippen LogP contribution in [-0.4, -0.2) is 56.9 Å². The minimum Gasteiger partial charge on any atom is -0.354 e. The van der Waals surface area contributed by atoms with E-state index in [9.17, 15) is 9.59 Å². The zero-order chi connectivity index (χ0) is 21.6. The fraction of sp³-hybridized carbons (Fsp3) is 0.636. The number of carbonyl (C=O) groups excluding carboxylic acids is 2. The first kappa shape index (κ1) is 22.3. The molecule has 0 radical (unpaired) electrons. The smallest absolute Gasteiger partial charge is 0.242 e. The van der Waals surface area contributed by atoms with Gasteiger partial charge in [0.1, 0.15) is 11.9 Å². The van der Waals surface area contributed by atoms with E-state index < -0.39 is 0 Å². The van der Waals surface area contributed by atoms with Crippen LogP contribution in [0.1, 0.15) is 61.7 Å². The summed E-state index contributed by atoms with van der Waals surface area (Å²) in [4.78, 5) is 28.2. The van der Waals surface area contributed by atoms with Gasteiger partial charge < -0.3 is 14.8 Å². The highest BCUT2D eigenvalue weighted by Crippen LogP contribution is 2.33. The van der Waals surface area contributed by atoms with Gasteiger partial charge in [-0.1, -0.05) is 30.7 Å². The molecule has 1 saturated heterocycles. The van der Waals surface area contributed by atoms with E-state index in [1.807, 2.05) is 23.8 Å². The molecule has 1 atom stereocenters. The molecular weight excluding hydrogens is 430 g/mol. The maximum atomic E-state index is 12.8. The fourth-order valence-electron chi connectivity index (χ4n) is 4.72. The molecule has 0 spiro atoms. The van der Waals surface area contributed by atoms with Crippen molar-refractivity contribution in [3.63, 3.8) is 0 Å². The van der Waals surface area contributed by atoms with Gasteiger partial charge in [0, 0.05) is 30.4 Å². The summed E-state index contributed by atoms with van der Waals surface area (Å²) in [6, 6.07) is 4.11. The molecule has 1 unspecified atom stereocenters. The molecule has 0 bridgehead atoms. The Morgan fingerprint density at radius 1 is 1.23 bits per heavy atom. The quantitative estimate of drug-likeness (QED) is 0.457. The number of amides is 2. The second-order valence-electron chi connectivity index (χ2n) is 8.31. The van der Waals surface area contributed by atoms with Crippen LogP contribution in [0.2, 0.25) is 0 Å². The number of thioether (sulfide) groups is 1. The Kier molecular flexibility index (Phi) is 7.66. The largest absolute Gasteiger partial charge is 0.354 e. The summed E-state index contributed by atoms with van der Waals surface area (Å²) in [6.07, 6.45) is 10.6. The van der Waals surface area contributed by atoms with Crippen molar-refractivity contribution < 1.29 is 9.59 Å². The third kappa shape index (κ3) is 5.31. The monoisotopic (exact) mass is 461 g/mol. The zero-order valence-corrected chi connectivity index (χ0v) is 19.7. The number of hydrogen-bond donors (Lipinski definition) is 1. The van der Waals surface area contributed by atoms with E-state index in [0.717, 1.165) is 41.5 Å². The fourth-order valence-corrected chi connectivity index (χ4v) is 5.99. The van der Waals surface area contributed by atoms with Crippen LogP contribution in [0.5, 0.6) is 0 Å². The number of thiophene rings is 1. The lowest BCUT2D eigenvalue weighted by molar-refractivity contribution is -0.137. The highest BCUT2D eigenvalue weighted by molar-refractivity contribution is 7.98. The number of rotatable bonds is 9. The lowest BCUT2D eigenvalue weighted by Crippen LogP contribution is -2.46. The maximum Gasteiger partial charge on any atom is 0.242 e. The molecule has 2 amide bonds. The number of nitrogens with one attached hydrogen (secondary N) is 1. The summed E-state index contributed by atoms with van der Waals surface area (Å²) in [5.74, 6) is 1.05. The molecule has 7 nitrogen and oxygen atoms in total. The summed E-state index contributed by atoms with van der Waals surface area (Å²) in [7, 11) is 0. The molecular formula is C22H31N5O2S2. The first-order valence-corrected chi connectivity index (χ1v) is 13.3. The van der Waals surface area contributed by atoms with Gasteiger partial charge in [0.15, 0.2) is 5.16 Å². The lowest BCUT2D eigenvalue weighted by Gasteiger charge is -2.24. The average molecular weight is 462 g/mol. The highest BCUT2D eigenvalue weighted by Gasteiger charge is 2.33. The first-order valence-electron chi connectivity index (χ1n) is 11.2. The van der Waals surface area contributed by atoms with Crippen LogP contribution in [0.15, 0.2) is 22.7 Å². The lowest BCUT2D eigenvalue weighted by atomic mass is 10.2. The first-order chi connectivity index (χ1) is 15.2. The van der Waals surface area contributed by atoms with Crippen molar-refractivity contribution in [1.29, 1.82) is 0 Å². The Labute approximate surface area is 192 Å². The standard InChI is InChI=1S/C22H31N5O2S2/c1-30-22-25-24-19(27(22)16-7-2-3-8-16)11-4-12-23-21(29)18-10-5-13-26(18)20(28)15-17-9-6-14-31-17/h6,9,14,16,18H,2-5,7-8,10-13,15H2,1H3,(H,23,29). The molecule has 1 N–H and O–H groups in total. The molecule has 9 heteroatoms. The molecule has 31 heavy (non-hydrogen) atoms. The van der Waals surface area contributed by atoms with Crippen molar-refractivity contribution >= 4 is 34.9 Å². The Bertz CT molecular complexity index is 877. The van der Waals surface area contributed by atoms with Crippen molar-refractivity contribution in [2.24, 2.45) is 0 Å². The molecule has 2 aliphatic rings. The molecule has 4 rings (SSSR count). The second-order valence-corrected chi connectivity index (χ2v) is 10.1. The van der Waals surface area contributed by atoms with Crippen molar-refractivity contribution in [3.05, 3.63) is 28.2 Å². The summed E-state index contributed by atoms with van der Waals surface area (Å²) in [5, 5.41) is 14.8. The van der Waals surface area contributed by atoms with E-state index in [1.165, 1.54) is 25.7 Å². The van der Waals surface area contributed by atoms with Crippen molar-refractivity contribution in [3.8, 4) is 0 Å². The van der Waals surface area contributed by atoms with Crippen LogP contribution in [0.3, 0.4) is 0 Å². The van der Waals surface area contributed by atoms with Crippen LogP contribution < -0.4 is 5.32 Å². The van der Waals surface area contributed by atoms with E-state index in [-0.39, 0.29) is 17.9 Å². The Morgan fingerprint density at radius 2 is 2.06 bits per heavy atom. The summed E-state index contributed by atoms with van der Waals surface area (Å²) in [5.41, 5.74) is 0. The summed E-state index contributed by atoms with van der Waals surface area (Å²) in [6.45, 7) is 1.26. The molecule has 0 aromatic carbocycles. The van der Waals surface area contributed by atoms with Gasteiger partial charge in [-0.3, -0.25) is 9.59 Å². The van der Waals surface area contributed by atoms with Gasteiger partial charge in [0.2, 0.25) is 11.8 Å². The number of nitrogens with zero attached hydrogens (tertiary/aromatic N) is 4. The predicted octanol–water partition coefficient (Wildman–Crippen LogP) is 3.46. The number of likely N-dealkylation sites (tertiary alicyclic amines) is 1. The minimum absolute atomic E-state index is 0.0286. The van der Waals surface area contributed by atoms with E-state index in [0.29, 0.717) is 25.6 Å². The molecule has 2 aromatic heterocycles. The number of carbonyl (C=O) groups is 2. The van der Waals surface area contributed by atoms with E-state index >= 15 is 0 Å². The van der Waals surface area contributed by atoms with Crippen molar-refractivity contribution in [1.82, 2.24) is 25.0 Å². The highest BCUT2D eigenvalue weighted by atomic mass is 32.2. The molecule has 1 aliphatic heterocycles. The van der Waals surface area contributed by atoms with E-state index in [1.54, 1.807) is 28.0 Å². The molecule has 2 fully saturated rings. The normalized spacial score (nSPS) is 19.3. The van der Waals surface area contributed by atoms with Crippen LogP contribution in [-0.2, 0) is 22.4 Å². The Balaban J connectivity index is 1.26. The zero-order valence-electron chi connectivity index (χ0n) is 18.1. The molecule has 2 aromatic rings. The number of aromatic nitrogens is 3. The van der Waals surface area contributed by atoms with Crippen LogP contribution >= 0.6 is 23.1 Å². The van der Waals surface area contributed by atoms with Crippen LogP contribution in [0.25, 0.3) is 0 Å². The van der Waals surface area contributed by atoms with Gasteiger partial charge in [-0.2, -0.15) is 0 Å². The van der Waals surface area contributed by atoms with Gasteiger partial charge in [0.25, 0.3) is 0 Å². The topological polar surface area (TPSA) is 80.1 Å². The van der Waals surface area contributed by atoms with Crippen LogP contribution in [0, 0.1) is 0 Å². The molecule has 1 saturated carbocycles. The van der Waals surface area contributed by atoms with Gasteiger partial charge in [-0.25, -0.2) is 0 Å². The third-order valence-corrected chi connectivity index (χ3v) is 7.79. The minimum atomic E-state index is -0.335. The summed E-state index contributed by atoms with van der Waals surface area (Å²) >= 11 is 3.24. The van der Waals surface area contributed by atoms with Crippen molar-refractivity contribution in [2.45, 2.75) is 75.0 Å². The third-order valence-electron chi connectivity index (χ3n) is 6.27. The van der Waals surface area contributed by atoms with Gasteiger partial charge in [-0.15, -0.1) is 21.5 Å². The second kappa shape index (κ2) is 10.6. The molecule has 168 valence electrons. The van der Waals surface area contributed by atoms with E-state index in [2.05, 4.69) is 20.1 Å². The van der Waals surface area contributed by atoms with E-state index in [4.69, 9.17) is 0 Å². The maximum absolute atomic E-state index is 12.8. The van der Waals surface area contributed by atoms with Gasteiger partial charge >= 0.3 is 0 Å². The Morgan fingerprint density at radius 3 is 2.81 bits per heavy atom.